The van der Waals surface area contributed by atoms with E-state index in [2.05, 4.69) is 5.43 Å². The minimum Gasteiger partial charge on any atom is -0.433 e. The van der Waals surface area contributed by atoms with Crippen molar-refractivity contribution in [2.45, 2.75) is 13.3 Å². The molecule has 0 saturated carbocycles. The van der Waals surface area contributed by atoms with Gasteiger partial charge < -0.3 is 4.74 Å². The molecule has 1 aliphatic heterocycles. The summed E-state index contributed by atoms with van der Waals surface area (Å²) in [5.41, 5.74) is 3.95. The van der Waals surface area contributed by atoms with E-state index >= 15 is 0 Å². The summed E-state index contributed by atoms with van der Waals surface area (Å²) in [6, 6.07) is 4.14. The molecule has 0 fully saturated rings. The van der Waals surface area contributed by atoms with Crippen LogP contribution in [0.5, 0.6) is 0 Å². The molecule has 0 aliphatic carbocycles. The second kappa shape index (κ2) is 5.09. The number of fused-ring (bicyclic) bond motifs is 1. The van der Waals surface area contributed by atoms with E-state index in [0.29, 0.717) is 17.8 Å². The van der Waals surface area contributed by atoms with Gasteiger partial charge in [0.2, 0.25) is 0 Å². The molecule has 0 radical (unpaired) electrons. The first-order valence-electron chi connectivity index (χ1n) is 5.56. The third kappa shape index (κ3) is 2.45. The Hall–Kier alpha value is -2.02. The van der Waals surface area contributed by atoms with Crippen LogP contribution in [0.25, 0.3) is 0 Å². The lowest BCUT2D eigenvalue weighted by Gasteiger charge is -2.22. The van der Waals surface area contributed by atoms with Crippen molar-refractivity contribution in [3.05, 3.63) is 24.0 Å². The Labute approximate surface area is 104 Å². The summed E-state index contributed by atoms with van der Waals surface area (Å²) in [6.07, 6.45) is -0.128. The van der Waals surface area contributed by atoms with E-state index in [9.17, 15) is 9.18 Å². The van der Waals surface area contributed by atoms with Gasteiger partial charge in [-0.25, -0.2) is 9.18 Å². The fourth-order valence-corrected chi connectivity index (χ4v) is 1.53. The fourth-order valence-electron chi connectivity index (χ4n) is 1.53. The van der Waals surface area contributed by atoms with Crippen molar-refractivity contribution in [2.75, 3.05) is 24.3 Å². The molecule has 1 aromatic carbocycles. The van der Waals surface area contributed by atoms with Crippen LogP contribution in [0.1, 0.15) is 13.3 Å². The molecule has 0 atom stereocenters. The summed E-state index contributed by atoms with van der Waals surface area (Å²) in [6.45, 7) is 2.15. The lowest BCUT2D eigenvalue weighted by Crippen LogP contribution is -2.40. The second-order valence-electron chi connectivity index (χ2n) is 3.76. The van der Waals surface area contributed by atoms with Crippen molar-refractivity contribution < 1.29 is 18.8 Å². The topological polar surface area (TPSA) is 54.0 Å². The number of nitrogens with zero attached hydrogens (tertiary/aromatic N) is 2. The van der Waals surface area contributed by atoms with Crippen molar-refractivity contribution in [2.24, 2.45) is 0 Å². The molecule has 98 valence electrons. The number of halogens is 1. The van der Waals surface area contributed by atoms with Crippen molar-refractivity contribution in [1.82, 2.24) is 5.12 Å². The van der Waals surface area contributed by atoms with Gasteiger partial charge in [-0.05, 0) is 18.6 Å². The smallest absolute Gasteiger partial charge is 0.433 e. The zero-order valence-electron chi connectivity index (χ0n) is 10.1. The minimum absolute atomic E-state index is 0.278. The van der Waals surface area contributed by atoms with E-state index in [0.717, 1.165) is 5.17 Å². The number of hydrogen-bond donors (Lipinski definition) is 1. The van der Waals surface area contributed by atoms with E-state index in [-0.39, 0.29) is 6.61 Å². The molecular weight excluding hydrogens is 241 g/mol. The molecule has 0 spiro atoms. The van der Waals surface area contributed by atoms with Crippen molar-refractivity contribution in [1.29, 1.82) is 0 Å². The van der Waals surface area contributed by atoms with Gasteiger partial charge in [0.05, 0.1) is 12.3 Å². The first kappa shape index (κ1) is 12.4. The van der Waals surface area contributed by atoms with Gasteiger partial charge in [0, 0.05) is 13.1 Å². The quantitative estimate of drug-likeness (QED) is 0.836. The largest absolute Gasteiger partial charge is 0.534 e. The summed E-state index contributed by atoms with van der Waals surface area (Å²) in [4.78, 5) is 16.3. The zero-order valence-corrected chi connectivity index (χ0v) is 10.1. The number of ether oxygens (including phenoxy) is 1. The predicted molar refractivity (Wildman–Crippen MR) is 63.0 cm³/mol. The number of anilines is 2. The number of hydrazine groups is 2. The number of benzene rings is 1. The Morgan fingerprint density at radius 1 is 1.50 bits per heavy atom. The highest BCUT2D eigenvalue weighted by atomic mass is 19.1. The normalized spacial score (nSPS) is 14.1. The zero-order chi connectivity index (χ0) is 13.1. The second-order valence-corrected chi connectivity index (χ2v) is 3.76. The molecule has 7 heteroatoms. The molecule has 6 nitrogen and oxygen atoms in total. The molecule has 0 saturated heterocycles. The Kier molecular flexibility index (Phi) is 3.52. The van der Waals surface area contributed by atoms with Gasteiger partial charge in [-0.15, -0.1) is 10.3 Å². The van der Waals surface area contributed by atoms with Crippen LogP contribution in [0.4, 0.5) is 20.6 Å². The summed E-state index contributed by atoms with van der Waals surface area (Å²) in [5.74, 6) is -0.415. The van der Waals surface area contributed by atoms with Crippen molar-refractivity contribution in [3.63, 3.8) is 0 Å². The maximum absolute atomic E-state index is 13.2. The van der Waals surface area contributed by atoms with Crippen LogP contribution in [0.15, 0.2) is 18.2 Å². The standard InChI is InChI=1S/C11H14FN3O3/c1-3-6-17-11(16)18-15-10-7-8(12)4-5-9(10)13-14(15)2/h4-5,7,13H,3,6H2,1-2H3. The third-order valence-corrected chi connectivity index (χ3v) is 2.31. The molecule has 1 heterocycles. The summed E-state index contributed by atoms with van der Waals surface area (Å²) in [5, 5.41) is 2.55. The van der Waals surface area contributed by atoms with Gasteiger partial charge in [-0.1, -0.05) is 6.92 Å². The van der Waals surface area contributed by atoms with E-state index in [4.69, 9.17) is 9.57 Å². The number of carbonyl (C=O) groups excluding carboxylic acids is 1. The summed E-state index contributed by atoms with van der Waals surface area (Å²) >= 11 is 0. The third-order valence-electron chi connectivity index (χ3n) is 2.31. The minimum atomic E-state index is -0.831. The van der Waals surface area contributed by atoms with E-state index < -0.39 is 12.0 Å². The highest BCUT2D eigenvalue weighted by Gasteiger charge is 2.28. The van der Waals surface area contributed by atoms with Crippen molar-refractivity contribution >= 4 is 17.5 Å². The monoisotopic (exact) mass is 255 g/mol. The average molecular weight is 255 g/mol. The molecule has 0 unspecified atom stereocenters. The highest BCUT2D eigenvalue weighted by Crippen LogP contribution is 2.33. The Morgan fingerprint density at radius 2 is 2.28 bits per heavy atom. The van der Waals surface area contributed by atoms with Crippen LogP contribution >= 0.6 is 0 Å². The summed E-state index contributed by atoms with van der Waals surface area (Å²) in [7, 11) is 1.63. The van der Waals surface area contributed by atoms with Gasteiger partial charge in [0.25, 0.3) is 0 Å². The molecule has 1 aromatic rings. The number of nitrogens with one attached hydrogen (secondary N) is 1. The van der Waals surface area contributed by atoms with Gasteiger partial charge in [-0.2, -0.15) is 0 Å². The van der Waals surface area contributed by atoms with Gasteiger partial charge in [-0.3, -0.25) is 10.3 Å². The SMILES string of the molecule is CCCOC(=O)ON1c2cc(F)ccc2NN1C. The van der Waals surface area contributed by atoms with Crippen molar-refractivity contribution in [3.8, 4) is 0 Å². The van der Waals surface area contributed by atoms with Gasteiger partial charge in [0.15, 0.2) is 0 Å². The number of hydrogen-bond acceptors (Lipinski definition) is 6. The highest BCUT2D eigenvalue weighted by molar-refractivity contribution is 5.73. The van der Waals surface area contributed by atoms with Crippen LogP contribution in [-0.4, -0.2) is 24.9 Å². The Balaban J connectivity index is 2.10. The van der Waals surface area contributed by atoms with Crippen LogP contribution in [0.2, 0.25) is 0 Å². The Morgan fingerprint density at radius 3 is 3.00 bits per heavy atom. The first-order valence-corrected chi connectivity index (χ1v) is 5.56. The Bertz CT molecular complexity index is 455. The van der Waals surface area contributed by atoms with E-state index in [1.165, 1.54) is 17.3 Å². The molecule has 0 bridgehead atoms. The fraction of sp³-hybridized carbons (Fsp3) is 0.364. The molecule has 2 rings (SSSR count). The maximum atomic E-state index is 13.2. The van der Waals surface area contributed by atoms with Crippen LogP contribution in [-0.2, 0) is 9.57 Å². The molecule has 0 aromatic heterocycles. The van der Waals surface area contributed by atoms with Crippen LogP contribution in [0.3, 0.4) is 0 Å². The number of rotatable bonds is 3. The van der Waals surface area contributed by atoms with Crippen LogP contribution in [0, 0.1) is 5.82 Å². The molecule has 1 aliphatic rings. The van der Waals surface area contributed by atoms with Gasteiger partial charge in [0.1, 0.15) is 11.5 Å². The van der Waals surface area contributed by atoms with Gasteiger partial charge >= 0.3 is 6.16 Å². The number of carbonyl (C=O) groups is 1. The van der Waals surface area contributed by atoms with E-state index in [1.54, 1.807) is 13.1 Å². The predicted octanol–water partition coefficient (Wildman–Crippen LogP) is 2.30. The van der Waals surface area contributed by atoms with E-state index in [1.807, 2.05) is 6.92 Å². The maximum Gasteiger partial charge on any atom is 0.534 e. The average Bonchev–Trinajstić information content (AvgIpc) is 2.63. The molecule has 1 N–H and O–H groups in total. The lowest BCUT2D eigenvalue weighted by atomic mass is 10.3. The lowest BCUT2D eigenvalue weighted by molar-refractivity contribution is 0.0104. The summed E-state index contributed by atoms with van der Waals surface area (Å²) < 4.78 is 18.0. The van der Waals surface area contributed by atoms with Crippen LogP contribution < -0.4 is 10.6 Å². The molecule has 18 heavy (non-hydrogen) atoms. The molecular formula is C11H14FN3O3. The molecule has 0 amide bonds. The first-order chi connectivity index (χ1) is 8.61.